The van der Waals surface area contributed by atoms with Crippen molar-refractivity contribution in [1.82, 2.24) is 0 Å². The first kappa shape index (κ1) is 14.9. The Labute approximate surface area is 96.6 Å². The minimum atomic E-state index is -0.507. The lowest BCUT2D eigenvalue weighted by molar-refractivity contribution is -0.142. The molecule has 0 aliphatic rings. The summed E-state index contributed by atoms with van der Waals surface area (Å²) in [6.07, 6.45) is 5.80. The van der Waals surface area contributed by atoms with Crippen LogP contribution in [0.4, 0.5) is 0 Å². The molecular formula is C12H20O4. The van der Waals surface area contributed by atoms with Crippen LogP contribution in [0.2, 0.25) is 0 Å². The van der Waals surface area contributed by atoms with Gasteiger partial charge in [-0.15, -0.1) is 0 Å². The van der Waals surface area contributed by atoms with E-state index in [2.05, 4.69) is 0 Å². The maximum absolute atomic E-state index is 11.1. The predicted molar refractivity (Wildman–Crippen MR) is 62.0 cm³/mol. The van der Waals surface area contributed by atoms with Gasteiger partial charge in [-0.05, 0) is 20.8 Å². The standard InChI is InChI=1S/C12H20O4/c1-4-5-6-7-12(14)16-9-11(3)15-8-10(2)13/h4-7,10-11,13H,8-9H2,1-3H3. The zero-order valence-electron chi connectivity index (χ0n) is 10.1. The number of aliphatic hydroxyl groups excluding tert-OH is 1. The van der Waals surface area contributed by atoms with Crippen molar-refractivity contribution in [3.05, 3.63) is 24.3 Å². The van der Waals surface area contributed by atoms with Crippen LogP contribution in [0.3, 0.4) is 0 Å². The normalized spacial score (nSPS) is 15.5. The first-order valence-electron chi connectivity index (χ1n) is 5.32. The average Bonchev–Trinajstić information content (AvgIpc) is 2.24. The molecule has 0 saturated heterocycles. The van der Waals surface area contributed by atoms with Crippen molar-refractivity contribution < 1.29 is 19.4 Å². The van der Waals surface area contributed by atoms with Crippen molar-refractivity contribution in [2.24, 2.45) is 0 Å². The van der Waals surface area contributed by atoms with Crippen LogP contribution in [0.1, 0.15) is 20.8 Å². The van der Waals surface area contributed by atoms with E-state index in [1.54, 1.807) is 26.0 Å². The average molecular weight is 228 g/mol. The van der Waals surface area contributed by atoms with E-state index < -0.39 is 12.1 Å². The highest BCUT2D eigenvalue weighted by atomic mass is 16.6. The molecule has 0 heterocycles. The van der Waals surface area contributed by atoms with Crippen LogP contribution in [0, 0.1) is 0 Å². The molecule has 4 nitrogen and oxygen atoms in total. The third-order valence-corrected chi connectivity index (χ3v) is 1.62. The fourth-order valence-electron chi connectivity index (χ4n) is 0.844. The number of rotatable bonds is 7. The van der Waals surface area contributed by atoms with E-state index in [-0.39, 0.29) is 19.3 Å². The lowest BCUT2D eigenvalue weighted by Crippen LogP contribution is -2.22. The Bertz CT molecular complexity index is 243. The second-order valence-corrected chi connectivity index (χ2v) is 3.51. The van der Waals surface area contributed by atoms with Gasteiger partial charge in [0.1, 0.15) is 6.61 Å². The number of hydrogen-bond acceptors (Lipinski definition) is 4. The number of carbonyl (C=O) groups is 1. The van der Waals surface area contributed by atoms with E-state index in [0.29, 0.717) is 0 Å². The Kier molecular flexibility index (Phi) is 8.48. The van der Waals surface area contributed by atoms with Crippen LogP contribution in [0.15, 0.2) is 24.3 Å². The van der Waals surface area contributed by atoms with E-state index in [4.69, 9.17) is 14.6 Å². The minimum absolute atomic E-state index is 0.186. The molecule has 0 fully saturated rings. The van der Waals surface area contributed by atoms with Gasteiger partial charge in [-0.25, -0.2) is 4.79 Å². The Balaban J connectivity index is 3.66. The summed E-state index contributed by atoms with van der Waals surface area (Å²) in [5.74, 6) is -0.398. The van der Waals surface area contributed by atoms with E-state index >= 15 is 0 Å². The smallest absolute Gasteiger partial charge is 0.330 e. The van der Waals surface area contributed by atoms with Crippen molar-refractivity contribution in [2.75, 3.05) is 13.2 Å². The number of esters is 1. The third kappa shape index (κ3) is 9.43. The van der Waals surface area contributed by atoms with Crippen molar-refractivity contribution in [2.45, 2.75) is 33.0 Å². The lowest BCUT2D eigenvalue weighted by atomic mass is 10.4. The molecule has 0 amide bonds. The highest BCUT2D eigenvalue weighted by molar-refractivity contribution is 5.82. The maximum Gasteiger partial charge on any atom is 0.330 e. The molecule has 0 spiro atoms. The molecule has 0 aliphatic heterocycles. The van der Waals surface area contributed by atoms with E-state index in [1.807, 2.05) is 13.0 Å². The van der Waals surface area contributed by atoms with Gasteiger partial charge in [0.05, 0.1) is 18.8 Å². The van der Waals surface area contributed by atoms with Gasteiger partial charge in [0.15, 0.2) is 0 Å². The summed E-state index contributed by atoms with van der Waals surface area (Å²) in [6.45, 7) is 5.71. The van der Waals surface area contributed by atoms with Gasteiger partial charge < -0.3 is 14.6 Å². The van der Waals surface area contributed by atoms with Crippen LogP contribution in [0.25, 0.3) is 0 Å². The summed E-state index contributed by atoms with van der Waals surface area (Å²) >= 11 is 0. The zero-order chi connectivity index (χ0) is 12.4. The van der Waals surface area contributed by atoms with Crippen LogP contribution < -0.4 is 0 Å². The highest BCUT2D eigenvalue weighted by Crippen LogP contribution is 1.95. The molecule has 2 unspecified atom stereocenters. The Morgan fingerprint density at radius 3 is 2.56 bits per heavy atom. The molecule has 0 saturated carbocycles. The topological polar surface area (TPSA) is 55.8 Å². The SMILES string of the molecule is CC=CC=CC(=O)OCC(C)OCC(C)O. The number of carbonyl (C=O) groups excluding carboxylic acids is 1. The predicted octanol–water partition coefficient (Wildman–Crippen LogP) is 1.45. The quantitative estimate of drug-likeness (QED) is 0.407. The molecule has 2 atom stereocenters. The van der Waals surface area contributed by atoms with Gasteiger partial charge in [0, 0.05) is 6.08 Å². The summed E-state index contributed by atoms with van der Waals surface area (Å²) in [7, 11) is 0. The van der Waals surface area contributed by atoms with Gasteiger partial charge in [0.25, 0.3) is 0 Å². The molecule has 92 valence electrons. The van der Waals surface area contributed by atoms with Crippen LogP contribution in [0.5, 0.6) is 0 Å². The third-order valence-electron chi connectivity index (χ3n) is 1.62. The summed E-state index contributed by atoms with van der Waals surface area (Å²) < 4.78 is 10.1. The summed E-state index contributed by atoms with van der Waals surface area (Å²) in [5, 5.41) is 8.97. The molecule has 4 heteroatoms. The molecule has 0 aromatic carbocycles. The molecule has 0 bridgehead atoms. The Morgan fingerprint density at radius 2 is 2.00 bits per heavy atom. The van der Waals surface area contributed by atoms with Gasteiger partial charge >= 0.3 is 5.97 Å². The summed E-state index contributed by atoms with van der Waals surface area (Å²) in [4.78, 5) is 11.1. The van der Waals surface area contributed by atoms with Gasteiger partial charge in [-0.3, -0.25) is 0 Å². The van der Waals surface area contributed by atoms with E-state index in [0.717, 1.165) is 0 Å². The second kappa shape index (κ2) is 9.12. The van der Waals surface area contributed by atoms with Crippen molar-refractivity contribution >= 4 is 5.97 Å². The minimum Gasteiger partial charge on any atom is -0.460 e. The van der Waals surface area contributed by atoms with Gasteiger partial charge in [-0.1, -0.05) is 18.2 Å². The fourth-order valence-corrected chi connectivity index (χ4v) is 0.844. The second-order valence-electron chi connectivity index (χ2n) is 3.51. The van der Waals surface area contributed by atoms with E-state index in [1.165, 1.54) is 6.08 Å². The molecule has 0 aliphatic carbocycles. The van der Waals surface area contributed by atoms with Crippen LogP contribution in [-0.2, 0) is 14.3 Å². The molecule has 0 aromatic heterocycles. The maximum atomic E-state index is 11.1. The van der Waals surface area contributed by atoms with Crippen molar-refractivity contribution in [1.29, 1.82) is 0 Å². The molecule has 16 heavy (non-hydrogen) atoms. The molecule has 0 aromatic rings. The Morgan fingerprint density at radius 1 is 1.31 bits per heavy atom. The molecular weight excluding hydrogens is 208 g/mol. The van der Waals surface area contributed by atoms with Crippen LogP contribution in [-0.4, -0.2) is 36.5 Å². The first-order valence-corrected chi connectivity index (χ1v) is 5.32. The number of ether oxygens (including phenoxy) is 2. The lowest BCUT2D eigenvalue weighted by Gasteiger charge is -2.13. The van der Waals surface area contributed by atoms with Crippen LogP contribution >= 0.6 is 0 Å². The number of aliphatic hydroxyl groups is 1. The van der Waals surface area contributed by atoms with Crippen molar-refractivity contribution in [3.8, 4) is 0 Å². The monoisotopic (exact) mass is 228 g/mol. The van der Waals surface area contributed by atoms with Crippen molar-refractivity contribution in [3.63, 3.8) is 0 Å². The summed E-state index contributed by atoms with van der Waals surface area (Å²) in [5.41, 5.74) is 0. The first-order chi connectivity index (χ1) is 7.56. The number of hydrogen-bond donors (Lipinski definition) is 1. The Hall–Kier alpha value is -1.13. The van der Waals surface area contributed by atoms with Gasteiger partial charge in [-0.2, -0.15) is 0 Å². The molecule has 0 radical (unpaired) electrons. The molecule has 1 N–H and O–H groups in total. The summed E-state index contributed by atoms with van der Waals surface area (Å²) in [6, 6.07) is 0. The van der Waals surface area contributed by atoms with E-state index in [9.17, 15) is 4.79 Å². The van der Waals surface area contributed by atoms with Gasteiger partial charge in [0.2, 0.25) is 0 Å². The highest BCUT2D eigenvalue weighted by Gasteiger charge is 2.06. The zero-order valence-corrected chi connectivity index (χ0v) is 10.1. The molecule has 0 rings (SSSR count). The fraction of sp³-hybridized carbons (Fsp3) is 0.583. The largest absolute Gasteiger partial charge is 0.460 e. The number of allylic oxidation sites excluding steroid dienone is 3.